The van der Waals surface area contributed by atoms with Gasteiger partial charge in [-0.05, 0) is 41.1 Å². The van der Waals surface area contributed by atoms with Crippen LogP contribution in [0.4, 0.5) is 0 Å². The zero-order chi connectivity index (χ0) is 13.2. The van der Waals surface area contributed by atoms with Crippen molar-refractivity contribution in [1.29, 1.82) is 0 Å². The Morgan fingerprint density at radius 3 is 2.39 bits per heavy atom. The van der Waals surface area contributed by atoms with E-state index in [9.17, 15) is 8.42 Å². The molecular weight excluding hydrogens is 407 g/mol. The van der Waals surface area contributed by atoms with Gasteiger partial charge in [0.25, 0.3) is 0 Å². The van der Waals surface area contributed by atoms with Crippen LogP contribution >= 0.6 is 44.3 Å². The first-order chi connectivity index (χ1) is 7.80. The van der Waals surface area contributed by atoms with Crippen LogP contribution in [0.2, 0.25) is 0 Å². The Labute approximate surface area is 131 Å². The molecule has 0 aliphatic carbocycles. The van der Waals surface area contributed by atoms with Gasteiger partial charge in [0.1, 0.15) is 0 Å². The van der Waals surface area contributed by atoms with Crippen LogP contribution in [-0.4, -0.2) is 32.4 Å². The number of benzene rings is 1. The molecule has 0 amide bonds. The van der Waals surface area contributed by atoms with Gasteiger partial charge in [-0.25, -0.2) is 8.42 Å². The van der Waals surface area contributed by atoms with Crippen molar-refractivity contribution in [2.45, 2.75) is 17.9 Å². The molecule has 0 heterocycles. The average Bonchev–Trinajstić information content (AvgIpc) is 2.26. The second kappa shape index (κ2) is 7.21. The fourth-order valence-corrected chi connectivity index (χ4v) is 4.30. The number of rotatable bonds is 4. The summed E-state index contributed by atoms with van der Waals surface area (Å²) in [6, 6.07) is 4.71. The van der Waals surface area contributed by atoms with Crippen molar-refractivity contribution in [3.05, 3.63) is 27.1 Å². The molecule has 0 saturated carbocycles. The Kier molecular flexibility index (Phi) is 7.35. The van der Waals surface area contributed by atoms with Gasteiger partial charge in [-0.15, -0.1) is 12.4 Å². The molecule has 0 aliphatic heterocycles. The second-order valence-corrected chi connectivity index (χ2v) is 7.42. The van der Waals surface area contributed by atoms with Gasteiger partial charge in [-0.1, -0.05) is 15.9 Å². The second-order valence-electron chi connectivity index (χ2n) is 3.68. The summed E-state index contributed by atoms with van der Waals surface area (Å²) < 4.78 is 27.2. The van der Waals surface area contributed by atoms with Gasteiger partial charge in [-0.3, -0.25) is 0 Å². The Balaban J connectivity index is 0.00000289. The summed E-state index contributed by atoms with van der Waals surface area (Å²) in [5, 5.41) is 0. The summed E-state index contributed by atoms with van der Waals surface area (Å²) in [5.41, 5.74) is 5.48. The molecule has 4 nitrogen and oxygen atoms in total. The van der Waals surface area contributed by atoms with Gasteiger partial charge in [-0.2, -0.15) is 4.31 Å². The zero-order valence-electron chi connectivity index (χ0n) is 9.93. The van der Waals surface area contributed by atoms with Crippen LogP contribution in [-0.2, 0) is 10.0 Å². The molecule has 1 aromatic rings. The monoisotopic (exact) mass is 420 g/mol. The van der Waals surface area contributed by atoms with E-state index < -0.39 is 10.0 Å². The minimum atomic E-state index is -3.51. The largest absolute Gasteiger partial charge is 0.329 e. The van der Waals surface area contributed by atoms with Crippen LogP contribution in [0.5, 0.6) is 0 Å². The van der Waals surface area contributed by atoms with Crippen molar-refractivity contribution < 1.29 is 8.42 Å². The van der Waals surface area contributed by atoms with Crippen molar-refractivity contribution in [2.75, 3.05) is 13.6 Å². The van der Waals surface area contributed by atoms with Gasteiger partial charge >= 0.3 is 0 Å². The number of sulfonamides is 1. The SMILES string of the molecule is CC(CN)N(C)S(=O)(=O)c1ccc(Br)cc1Br.Cl. The summed E-state index contributed by atoms with van der Waals surface area (Å²) in [7, 11) is -1.98. The van der Waals surface area contributed by atoms with Gasteiger partial charge in [0, 0.05) is 28.6 Å². The molecule has 0 spiro atoms. The van der Waals surface area contributed by atoms with E-state index in [2.05, 4.69) is 31.9 Å². The van der Waals surface area contributed by atoms with Crippen molar-refractivity contribution in [1.82, 2.24) is 4.31 Å². The van der Waals surface area contributed by atoms with Crippen LogP contribution in [0, 0.1) is 0 Å². The highest BCUT2D eigenvalue weighted by atomic mass is 79.9. The minimum absolute atomic E-state index is 0. The molecule has 0 saturated heterocycles. The quantitative estimate of drug-likeness (QED) is 0.811. The van der Waals surface area contributed by atoms with E-state index in [1.54, 1.807) is 25.1 Å². The first kappa shape index (κ1) is 18.3. The molecule has 0 bridgehead atoms. The number of likely N-dealkylation sites (N-methyl/N-ethyl adjacent to an activating group) is 1. The van der Waals surface area contributed by atoms with E-state index in [4.69, 9.17) is 5.73 Å². The molecule has 8 heteroatoms. The van der Waals surface area contributed by atoms with Crippen LogP contribution in [0.1, 0.15) is 6.92 Å². The van der Waals surface area contributed by atoms with Crippen LogP contribution in [0.25, 0.3) is 0 Å². The maximum Gasteiger partial charge on any atom is 0.244 e. The van der Waals surface area contributed by atoms with E-state index in [1.807, 2.05) is 0 Å². The minimum Gasteiger partial charge on any atom is -0.329 e. The van der Waals surface area contributed by atoms with E-state index in [1.165, 1.54) is 11.4 Å². The standard InChI is InChI=1S/C10H14Br2N2O2S.ClH/c1-7(6-13)14(2)17(15,16)10-4-3-8(11)5-9(10)12;/h3-5,7H,6,13H2,1-2H3;1H. The molecule has 18 heavy (non-hydrogen) atoms. The van der Waals surface area contributed by atoms with Crippen LogP contribution < -0.4 is 5.73 Å². The third kappa shape index (κ3) is 3.91. The van der Waals surface area contributed by atoms with Crippen LogP contribution in [0.15, 0.2) is 32.0 Å². The lowest BCUT2D eigenvalue weighted by Gasteiger charge is -2.23. The molecule has 2 N–H and O–H groups in total. The first-order valence-electron chi connectivity index (χ1n) is 4.94. The molecule has 1 aromatic carbocycles. The van der Waals surface area contributed by atoms with Crippen molar-refractivity contribution in [3.8, 4) is 0 Å². The van der Waals surface area contributed by atoms with E-state index >= 15 is 0 Å². The highest BCUT2D eigenvalue weighted by molar-refractivity contribution is 9.11. The lowest BCUT2D eigenvalue weighted by molar-refractivity contribution is 0.394. The number of nitrogens with two attached hydrogens (primary N) is 1. The molecule has 0 radical (unpaired) electrons. The van der Waals surface area contributed by atoms with Gasteiger partial charge in [0.15, 0.2) is 0 Å². The lowest BCUT2D eigenvalue weighted by Crippen LogP contribution is -2.39. The Morgan fingerprint density at radius 2 is 1.94 bits per heavy atom. The smallest absolute Gasteiger partial charge is 0.244 e. The third-order valence-electron chi connectivity index (χ3n) is 2.51. The topological polar surface area (TPSA) is 63.4 Å². The summed E-state index contributed by atoms with van der Waals surface area (Å²) in [4.78, 5) is 0.239. The number of hydrogen-bond acceptors (Lipinski definition) is 3. The zero-order valence-corrected chi connectivity index (χ0v) is 14.7. The molecule has 1 atom stereocenters. The maximum absolute atomic E-state index is 12.3. The molecular formula is C10H15Br2ClN2O2S. The number of hydrogen-bond donors (Lipinski definition) is 1. The fourth-order valence-electron chi connectivity index (χ4n) is 1.22. The summed E-state index contributed by atoms with van der Waals surface area (Å²) in [5.74, 6) is 0. The molecule has 1 rings (SSSR count). The molecule has 0 fully saturated rings. The average molecular weight is 423 g/mol. The summed E-state index contributed by atoms with van der Waals surface area (Å²) in [6.07, 6.45) is 0. The number of halogens is 3. The van der Waals surface area contributed by atoms with Crippen molar-refractivity contribution in [2.24, 2.45) is 5.73 Å². The maximum atomic E-state index is 12.3. The summed E-state index contributed by atoms with van der Waals surface area (Å²) >= 11 is 6.54. The Hall–Kier alpha value is 0.340. The fraction of sp³-hybridized carbons (Fsp3) is 0.400. The molecule has 1 unspecified atom stereocenters. The summed E-state index contributed by atoms with van der Waals surface area (Å²) in [6.45, 7) is 2.05. The van der Waals surface area contributed by atoms with Crippen LogP contribution in [0.3, 0.4) is 0 Å². The molecule has 0 aromatic heterocycles. The predicted octanol–water partition coefficient (Wildman–Crippen LogP) is 2.60. The molecule has 0 aliphatic rings. The van der Waals surface area contributed by atoms with E-state index in [-0.39, 0.29) is 29.9 Å². The van der Waals surface area contributed by atoms with Crippen molar-refractivity contribution >= 4 is 54.3 Å². The van der Waals surface area contributed by atoms with Crippen molar-refractivity contribution in [3.63, 3.8) is 0 Å². The Morgan fingerprint density at radius 1 is 1.39 bits per heavy atom. The van der Waals surface area contributed by atoms with Gasteiger partial charge in [0.2, 0.25) is 10.0 Å². The third-order valence-corrected chi connectivity index (χ3v) is 5.95. The molecule has 104 valence electrons. The predicted molar refractivity (Wildman–Crippen MR) is 82.6 cm³/mol. The van der Waals surface area contributed by atoms with Gasteiger partial charge < -0.3 is 5.73 Å². The van der Waals surface area contributed by atoms with E-state index in [0.717, 1.165) is 4.47 Å². The lowest BCUT2D eigenvalue weighted by atomic mass is 10.4. The number of nitrogens with zero attached hydrogens (tertiary/aromatic N) is 1. The highest BCUT2D eigenvalue weighted by Crippen LogP contribution is 2.28. The highest BCUT2D eigenvalue weighted by Gasteiger charge is 2.26. The van der Waals surface area contributed by atoms with E-state index in [0.29, 0.717) is 4.47 Å². The first-order valence-corrected chi connectivity index (χ1v) is 7.96. The normalized spacial score (nSPS) is 13.2. The Bertz CT molecular complexity index is 511. The van der Waals surface area contributed by atoms with Gasteiger partial charge in [0.05, 0.1) is 4.90 Å².